The highest BCUT2D eigenvalue weighted by atomic mass is 35.5. The first-order chi connectivity index (χ1) is 12.7. The van der Waals surface area contributed by atoms with Crippen LogP contribution in [0.15, 0.2) is 36.4 Å². The van der Waals surface area contributed by atoms with Gasteiger partial charge in [-0.05, 0) is 51.0 Å². The number of rotatable bonds is 6. The molecule has 0 saturated carbocycles. The molecule has 0 radical (unpaired) electrons. The summed E-state index contributed by atoms with van der Waals surface area (Å²) in [5.41, 5.74) is 3.91. The minimum atomic E-state index is -0.759. The van der Waals surface area contributed by atoms with Crippen LogP contribution < -0.4 is 10.1 Å². The first-order valence-corrected chi connectivity index (χ1v) is 9.10. The summed E-state index contributed by atoms with van der Waals surface area (Å²) in [6, 6.07) is 11.0. The molecule has 2 aromatic rings. The van der Waals surface area contributed by atoms with E-state index in [4.69, 9.17) is 16.3 Å². The molecule has 6 heteroatoms. The van der Waals surface area contributed by atoms with Crippen molar-refractivity contribution in [3.63, 3.8) is 0 Å². The quantitative estimate of drug-likeness (QED) is 0.809. The zero-order chi connectivity index (χ0) is 20.1. The maximum Gasteiger partial charge on any atom is 0.263 e. The van der Waals surface area contributed by atoms with Gasteiger partial charge >= 0.3 is 0 Å². The molecule has 144 valence electrons. The molecule has 27 heavy (non-hydrogen) atoms. The van der Waals surface area contributed by atoms with E-state index in [1.807, 2.05) is 32.9 Å². The van der Waals surface area contributed by atoms with Crippen LogP contribution in [0.4, 0.5) is 5.69 Å². The fourth-order valence-electron chi connectivity index (χ4n) is 2.94. The second kappa shape index (κ2) is 8.91. The van der Waals surface area contributed by atoms with Gasteiger partial charge in [0.25, 0.3) is 5.91 Å². The van der Waals surface area contributed by atoms with Crippen molar-refractivity contribution in [2.75, 3.05) is 18.9 Å². The van der Waals surface area contributed by atoms with Crippen LogP contribution in [0.25, 0.3) is 0 Å². The Morgan fingerprint density at radius 1 is 1.15 bits per heavy atom. The molecule has 5 nitrogen and oxygen atoms in total. The Bertz CT molecular complexity index is 828. The number of carbonyl (C=O) groups excluding carboxylic acids is 2. The van der Waals surface area contributed by atoms with Gasteiger partial charge in [0, 0.05) is 12.7 Å². The predicted octanol–water partition coefficient (Wildman–Crippen LogP) is 4.13. The van der Waals surface area contributed by atoms with E-state index in [1.54, 1.807) is 38.2 Å². The SMILES string of the molecule is Cc1cc(C)c(NC(=O)CN(C)C(=O)C(C)Oc2ccccc2Cl)c(C)c1. The number of benzene rings is 2. The van der Waals surface area contributed by atoms with Gasteiger partial charge in [-0.1, -0.05) is 41.4 Å². The van der Waals surface area contributed by atoms with Gasteiger partial charge in [-0.2, -0.15) is 0 Å². The van der Waals surface area contributed by atoms with Crippen molar-refractivity contribution in [1.29, 1.82) is 0 Å². The molecule has 1 atom stereocenters. The van der Waals surface area contributed by atoms with Crippen molar-refractivity contribution in [3.8, 4) is 5.75 Å². The van der Waals surface area contributed by atoms with Crippen molar-refractivity contribution in [2.24, 2.45) is 0 Å². The van der Waals surface area contributed by atoms with Crippen molar-refractivity contribution in [2.45, 2.75) is 33.8 Å². The lowest BCUT2D eigenvalue weighted by Gasteiger charge is -2.22. The number of nitrogens with one attached hydrogen (secondary N) is 1. The molecule has 0 saturated heterocycles. The normalized spacial score (nSPS) is 11.6. The zero-order valence-corrected chi connectivity index (χ0v) is 17.1. The summed E-state index contributed by atoms with van der Waals surface area (Å²) >= 11 is 6.05. The maximum atomic E-state index is 12.5. The topological polar surface area (TPSA) is 58.6 Å². The van der Waals surface area contributed by atoms with Crippen LogP contribution in [0, 0.1) is 20.8 Å². The molecule has 1 unspecified atom stereocenters. The molecule has 0 spiro atoms. The van der Waals surface area contributed by atoms with E-state index < -0.39 is 6.10 Å². The summed E-state index contributed by atoms with van der Waals surface area (Å²) in [6.07, 6.45) is -0.759. The number of ether oxygens (including phenoxy) is 1. The third-order valence-corrected chi connectivity index (χ3v) is 4.50. The first kappa shape index (κ1) is 20.8. The van der Waals surface area contributed by atoms with Crippen LogP contribution in [0.5, 0.6) is 5.75 Å². The molecule has 0 aliphatic rings. The van der Waals surface area contributed by atoms with Crippen molar-refractivity contribution < 1.29 is 14.3 Å². The van der Waals surface area contributed by atoms with Gasteiger partial charge in [-0.25, -0.2) is 0 Å². The standard InChI is InChI=1S/C21H25ClN2O3/c1-13-10-14(2)20(15(3)11-13)23-19(25)12-24(5)21(26)16(4)27-18-9-7-6-8-17(18)22/h6-11,16H,12H2,1-5H3,(H,23,25). The lowest BCUT2D eigenvalue weighted by atomic mass is 10.1. The molecule has 0 aliphatic carbocycles. The number of hydrogen-bond donors (Lipinski definition) is 1. The third-order valence-electron chi connectivity index (χ3n) is 4.19. The van der Waals surface area contributed by atoms with E-state index in [0.29, 0.717) is 10.8 Å². The number of aryl methyl sites for hydroxylation is 3. The number of likely N-dealkylation sites (N-methyl/N-ethyl adjacent to an activating group) is 1. The first-order valence-electron chi connectivity index (χ1n) is 8.73. The molecule has 2 aromatic carbocycles. The lowest BCUT2D eigenvalue weighted by Crippen LogP contribution is -2.42. The Balaban J connectivity index is 1.97. The number of halogens is 1. The highest BCUT2D eigenvalue weighted by molar-refractivity contribution is 6.32. The van der Waals surface area contributed by atoms with Gasteiger partial charge in [0.15, 0.2) is 6.10 Å². The van der Waals surface area contributed by atoms with E-state index in [2.05, 4.69) is 5.32 Å². The van der Waals surface area contributed by atoms with E-state index in [-0.39, 0.29) is 18.4 Å². The molecule has 1 N–H and O–H groups in total. The molecular weight excluding hydrogens is 364 g/mol. The monoisotopic (exact) mass is 388 g/mol. The molecular formula is C21H25ClN2O3. The van der Waals surface area contributed by atoms with Crippen molar-refractivity contribution in [1.82, 2.24) is 4.90 Å². The summed E-state index contributed by atoms with van der Waals surface area (Å²) in [5, 5.41) is 3.33. The molecule has 0 fully saturated rings. The number of hydrogen-bond acceptors (Lipinski definition) is 3. The van der Waals surface area contributed by atoms with Crippen LogP contribution in [0.3, 0.4) is 0 Å². The predicted molar refractivity (Wildman–Crippen MR) is 108 cm³/mol. The Kier molecular flexibility index (Phi) is 6.86. The maximum absolute atomic E-state index is 12.5. The lowest BCUT2D eigenvalue weighted by molar-refractivity contribution is -0.139. The highest BCUT2D eigenvalue weighted by Crippen LogP contribution is 2.24. The second-order valence-corrected chi connectivity index (χ2v) is 7.11. The molecule has 0 heterocycles. The average Bonchev–Trinajstić information content (AvgIpc) is 2.59. The van der Waals surface area contributed by atoms with E-state index in [1.165, 1.54) is 4.90 Å². The Labute approximate surface area is 165 Å². The van der Waals surface area contributed by atoms with Gasteiger partial charge in [-0.3, -0.25) is 9.59 Å². The summed E-state index contributed by atoms with van der Waals surface area (Å²) < 4.78 is 5.62. The Morgan fingerprint density at radius 2 is 1.74 bits per heavy atom. The fraction of sp³-hybridized carbons (Fsp3) is 0.333. The van der Waals surface area contributed by atoms with Gasteiger partial charge in [0.05, 0.1) is 11.6 Å². The molecule has 2 amide bonds. The van der Waals surface area contributed by atoms with Crippen molar-refractivity contribution in [3.05, 3.63) is 58.1 Å². The van der Waals surface area contributed by atoms with E-state index in [9.17, 15) is 9.59 Å². The second-order valence-electron chi connectivity index (χ2n) is 6.71. The molecule has 0 bridgehead atoms. The Morgan fingerprint density at radius 3 is 2.33 bits per heavy atom. The smallest absolute Gasteiger partial charge is 0.263 e. The van der Waals surface area contributed by atoms with Gasteiger partial charge in [-0.15, -0.1) is 0 Å². The van der Waals surface area contributed by atoms with Crippen LogP contribution in [0.2, 0.25) is 5.02 Å². The van der Waals surface area contributed by atoms with Crippen LogP contribution in [-0.2, 0) is 9.59 Å². The van der Waals surface area contributed by atoms with Gasteiger partial charge < -0.3 is 15.0 Å². The van der Waals surface area contributed by atoms with Crippen LogP contribution in [0.1, 0.15) is 23.6 Å². The zero-order valence-electron chi connectivity index (χ0n) is 16.3. The summed E-state index contributed by atoms with van der Waals surface area (Å²) in [4.78, 5) is 26.2. The largest absolute Gasteiger partial charge is 0.479 e. The number of anilines is 1. The summed E-state index contributed by atoms with van der Waals surface area (Å²) in [6.45, 7) is 7.47. The summed E-state index contributed by atoms with van der Waals surface area (Å²) in [5.74, 6) is -0.128. The van der Waals surface area contributed by atoms with E-state index in [0.717, 1.165) is 22.4 Å². The summed E-state index contributed by atoms with van der Waals surface area (Å²) in [7, 11) is 1.57. The van der Waals surface area contributed by atoms with Gasteiger partial charge in [0.2, 0.25) is 5.91 Å². The highest BCUT2D eigenvalue weighted by Gasteiger charge is 2.22. The van der Waals surface area contributed by atoms with Crippen molar-refractivity contribution >= 4 is 29.1 Å². The van der Waals surface area contributed by atoms with Gasteiger partial charge in [0.1, 0.15) is 5.75 Å². The molecule has 0 aliphatic heterocycles. The minimum Gasteiger partial charge on any atom is -0.479 e. The van der Waals surface area contributed by atoms with Crippen LogP contribution in [-0.4, -0.2) is 36.4 Å². The fourth-order valence-corrected chi connectivity index (χ4v) is 3.12. The average molecular weight is 389 g/mol. The molecule has 0 aromatic heterocycles. The number of amides is 2. The third kappa shape index (κ3) is 5.47. The number of carbonyl (C=O) groups is 2. The number of nitrogens with zero attached hydrogens (tertiary/aromatic N) is 1. The van der Waals surface area contributed by atoms with E-state index >= 15 is 0 Å². The molecule has 2 rings (SSSR count). The number of para-hydroxylation sites is 1. The Hall–Kier alpha value is -2.53. The minimum absolute atomic E-state index is 0.0676. The van der Waals surface area contributed by atoms with Crippen LogP contribution >= 0.6 is 11.6 Å².